The van der Waals surface area contributed by atoms with Gasteiger partial charge in [-0.05, 0) is 25.2 Å². The zero-order valence-corrected chi connectivity index (χ0v) is 12.8. The summed E-state index contributed by atoms with van der Waals surface area (Å²) in [5.41, 5.74) is 5.29. The Hall–Kier alpha value is -1.58. The first kappa shape index (κ1) is 16.8. The van der Waals surface area contributed by atoms with E-state index >= 15 is 0 Å². The van der Waals surface area contributed by atoms with Gasteiger partial charge in [-0.1, -0.05) is 0 Å². The Balaban J connectivity index is 2.34. The minimum atomic E-state index is -4.02. The lowest BCUT2D eigenvalue weighted by Gasteiger charge is -2.22. The van der Waals surface area contributed by atoms with Crippen molar-refractivity contribution < 1.29 is 22.0 Å². The predicted octanol–water partition coefficient (Wildman–Crippen LogP) is 0.00240. The molecule has 9 heteroatoms. The number of nitrogens with zero attached hydrogens (tertiary/aromatic N) is 2. The molecule has 2 N–H and O–H groups in total. The van der Waals surface area contributed by atoms with Gasteiger partial charge in [0.1, 0.15) is 0 Å². The summed E-state index contributed by atoms with van der Waals surface area (Å²) < 4.78 is 52.4. The lowest BCUT2D eigenvalue weighted by molar-refractivity contribution is -0.122. The highest BCUT2D eigenvalue weighted by Crippen LogP contribution is 2.21. The van der Waals surface area contributed by atoms with Crippen molar-refractivity contribution >= 4 is 15.9 Å². The number of rotatable bonds is 3. The molecule has 1 amide bonds. The van der Waals surface area contributed by atoms with Gasteiger partial charge in [-0.2, -0.15) is 4.31 Å². The molecule has 22 heavy (non-hydrogen) atoms. The van der Waals surface area contributed by atoms with Gasteiger partial charge in [-0.3, -0.25) is 4.79 Å². The number of likely N-dealkylation sites (N-methyl/N-ethyl adjacent to an activating group) is 1. The smallest absolute Gasteiger partial charge is 0.243 e. The molecule has 0 aliphatic carbocycles. The van der Waals surface area contributed by atoms with Gasteiger partial charge in [-0.25, -0.2) is 17.2 Å². The Kier molecular flexibility index (Phi) is 4.78. The number of hydrogen-bond acceptors (Lipinski definition) is 4. The molecular formula is C13H17F2N3O3S. The molecule has 1 heterocycles. The van der Waals surface area contributed by atoms with Crippen LogP contribution < -0.4 is 5.73 Å². The highest BCUT2D eigenvalue weighted by molar-refractivity contribution is 7.89. The van der Waals surface area contributed by atoms with E-state index < -0.39 is 33.5 Å². The molecule has 1 aliphatic heterocycles. The zero-order valence-electron chi connectivity index (χ0n) is 12.0. The van der Waals surface area contributed by atoms with Crippen LogP contribution in [0.4, 0.5) is 8.78 Å². The second-order valence-corrected chi connectivity index (χ2v) is 7.24. The molecule has 1 aromatic carbocycles. The molecule has 0 unspecified atom stereocenters. The zero-order chi connectivity index (χ0) is 16.5. The van der Waals surface area contributed by atoms with Crippen LogP contribution in [0.3, 0.4) is 0 Å². The maximum atomic E-state index is 13.3. The molecule has 0 saturated carbocycles. The Morgan fingerprint density at radius 3 is 2.50 bits per heavy atom. The van der Waals surface area contributed by atoms with Gasteiger partial charge in [0.15, 0.2) is 11.6 Å². The van der Waals surface area contributed by atoms with Crippen molar-refractivity contribution in [3.8, 4) is 0 Å². The summed E-state index contributed by atoms with van der Waals surface area (Å²) in [7, 11) is -2.27. The van der Waals surface area contributed by atoms with Crippen molar-refractivity contribution in [3.63, 3.8) is 0 Å². The van der Waals surface area contributed by atoms with E-state index in [0.717, 1.165) is 16.4 Å². The molecule has 6 nitrogen and oxygen atoms in total. The number of carbonyl (C=O) groups excluding carboxylic acids is 1. The van der Waals surface area contributed by atoms with Crippen LogP contribution in [0.2, 0.25) is 0 Å². The quantitative estimate of drug-likeness (QED) is 0.844. The van der Waals surface area contributed by atoms with Crippen LogP contribution in [0.15, 0.2) is 23.1 Å². The highest BCUT2D eigenvalue weighted by Gasteiger charge is 2.32. The van der Waals surface area contributed by atoms with Crippen LogP contribution in [-0.4, -0.2) is 56.8 Å². The van der Waals surface area contributed by atoms with Gasteiger partial charge in [-0.15, -0.1) is 0 Å². The fourth-order valence-corrected chi connectivity index (χ4v) is 3.82. The molecule has 1 fully saturated rings. The molecule has 1 saturated heterocycles. The summed E-state index contributed by atoms with van der Waals surface area (Å²) in [6.07, 6.45) is 0. The second-order valence-electron chi connectivity index (χ2n) is 5.30. The third-order valence-electron chi connectivity index (χ3n) is 3.62. The van der Waals surface area contributed by atoms with Gasteiger partial charge in [0.05, 0.1) is 10.8 Å². The molecule has 1 atom stereocenters. The van der Waals surface area contributed by atoms with Crippen molar-refractivity contribution in [2.24, 2.45) is 11.7 Å². The molecule has 122 valence electrons. The van der Waals surface area contributed by atoms with E-state index in [4.69, 9.17) is 5.73 Å². The fraction of sp³-hybridized carbons (Fsp3) is 0.462. The lowest BCUT2D eigenvalue weighted by Crippen LogP contribution is -2.40. The predicted molar refractivity (Wildman–Crippen MR) is 75.3 cm³/mol. The molecule has 1 aliphatic rings. The monoisotopic (exact) mass is 333 g/mol. The maximum Gasteiger partial charge on any atom is 0.243 e. The highest BCUT2D eigenvalue weighted by atomic mass is 32.2. The first-order valence-electron chi connectivity index (χ1n) is 6.65. The van der Waals surface area contributed by atoms with E-state index in [0.29, 0.717) is 19.2 Å². The van der Waals surface area contributed by atoms with E-state index in [-0.39, 0.29) is 18.0 Å². The van der Waals surface area contributed by atoms with Crippen LogP contribution in [0, 0.1) is 17.6 Å². The van der Waals surface area contributed by atoms with Gasteiger partial charge in [0.2, 0.25) is 15.9 Å². The van der Waals surface area contributed by atoms with Crippen LogP contribution >= 0.6 is 0 Å². The van der Waals surface area contributed by atoms with Crippen molar-refractivity contribution in [1.29, 1.82) is 0 Å². The van der Waals surface area contributed by atoms with Crippen molar-refractivity contribution in [1.82, 2.24) is 9.21 Å². The number of hydrogen-bond donors (Lipinski definition) is 1. The molecule has 0 aromatic heterocycles. The summed E-state index contributed by atoms with van der Waals surface area (Å²) in [5, 5.41) is 0. The van der Waals surface area contributed by atoms with E-state index in [1.165, 1.54) is 0 Å². The summed E-state index contributed by atoms with van der Waals surface area (Å²) in [4.78, 5) is 12.9. The summed E-state index contributed by atoms with van der Waals surface area (Å²) in [6, 6.07) is 2.40. The number of halogens is 2. The SMILES string of the molecule is CN1CCN(S(=O)(=O)c2ccc(F)c(F)c2)C[C@H](C(N)=O)C1. The van der Waals surface area contributed by atoms with Crippen LogP contribution in [0.1, 0.15) is 0 Å². The normalized spacial score (nSPS) is 21.5. The van der Waals surface area contributed by atoms with E-state index in [2.05, 4.69) is 0 Å². The molecule has 1 aromatic rings. The number of nitrogens with two attached hydrogens (primary N) is 1. The third-order valence-corrected chi connectivity index (χ3v) is 5.48. The summed E-state index contributed by atoms with van der Waals surface area (Å²) >= 11 is 0. The van der Waals surface area contributed by atoms with E-state index in [1.54, 1.807) is 11.9 Å². The molecule has 0 radical (unpaired) electrons. The second kappa shape index (κ2) is 6.27. The molecule has 0 spiro atoms. The average molecular weight is 333 g/mol. The Morgan fingerprint density at radius 2 is 1.91 bits per heavy atom. The Labute approximate surface area is 127 Å². The van der Waals surface area contributed by atoms with Gasteiger partial charge in [0, 0.05) is 26.2 Å². The standard InChI is InChI=1S/C13H17F2N3O3S/c1-17-4-5-18(8-9(7-17)13(16)19)22(20,21)10-2-3-11(14)12(15)6-10/h2-3,6,9H,4-5,7-8H2,1H3,(H2,16,19)/t9-/m1/s1. The van der Waals surface area contributed by atoms with E-state index in [9.17, 15) is 22.0 Å². The molecule has 2 rings (SSSR count). The van der Waals surface area contributed by atoms with E-state index in [1.807, 2.05) is 0 Å². The first-order chi connectivity index (χ1) is 10.2. The largest absolute Gasteiger partial charge is 0.369 e. The van der Waals surface area contributed by atoms with Crippen molar-refractivity contribution in [3.05, 3.63) is 29.8 Å². The van der Waals surface area contributed by atoms with Crippen molar-refractivity contribution in [2.75, 3.05) is 33.2 Å². The maximum absolute atomic E-state index is 13.3. The number of sulfonamides is 1. The Bertz CT molecular complexity index is 681. The van der Waals surface area contributed by atoms with Gasteiger partial charge < -0.3 is 10.6 Å². The minimum absolute atomic E-state index is 0.0823. The minimum Gasteiger partial charge on any atom is -0.369 e. The molecule has 0 bridgehead atoms. The Morgan fingerprint density at radius 1 is 1.23 bits per heavy atom. The number of primary amides is 1. The number of amides is 1. The first-order valence-corrected chi connectivity index (χ1v) is 8.09. The number of carbonyl (C=O) groups is 1. The van der Waals surface area contributed by atoms with Gasteiger partial charge in [0.25, 0.3) is 0 Å². The average Bonchev–Trinajstić information content (AvgIpc) is 2.64. The summed E-state index contributed by atoms with van der Waals surface area (Å²) in [5.74, 6) is -3.61. The van der Waals surface area contributed by atoms with Gasteiger partial charge >= 0.3 is 0 Å². The van der Waals surface area contributed by atoms with Crippen LogP contribution in [0.5, 0.6) is 0 Å². The lowest BCUT2D eigenvalue weighted by atomic mass is 10.1. The van der Waals surface area contributed by atoms with Crippen LogP contribution in [0.25, 0.3) is 0 Å². The van der Waals surface area contributed by atoms with Crippen LogP contribution in [-0.2, 0) is 14.8 Å². The fourth-order valence-electron chi connectivity index (χ4n) is 2.33. The van der Waals surface area contributed by atoms with Crippen molar-refractivity contribution in [2.45, 2.75) is 4.90 Å². The third kappa shape index (κ3) is 3.42. The summed E-state index contributed by atoms with van der Waals surface area (Å²) in [6.45, 7) is 0.814. The topological polar surface area (TPSA) is 83.7 Å². The molecular weight excluding hydrogens is 316 g/mol. The number of benzene rings is 1.